The van der Waals surface area contributed by atoms with Crippen LogP contribution in [0.3, 0.4) is 0 Å². The van der Waals surface area contributed by atoms with Crippen LogP contribution < -0.4 is 19.0 Å². The van der Waals surface area contributed by atoms with Crippen molar-refractivity contribution in [1.82, 2.24) is 5.32 Å². The number of thiophene rings is 1. The molecule has 1 aromatic heterocycles. The second-order valence-corrected chi connectivity index (χ2v) is 7.87. The van der Waals surface area contributed by atoms with Gasteiger partial charge in [0.2, 0.25) is 0 Å². The topological polar surface area (TPSA) is 94.1 Å². The zero-order valence-corrected chi connectivity index (χ0v) is 19.5. The normalized spacial score (nSPS) is 14.2. The van der Waals surface area contributed by atoms with Crippen molar-refractivity contribution in [1.29, 1.82) is 0 Å². The summed E-state index contributed by atoms with van der Waals surface area (Å²) >= 11 is 1.55. The van der Waals surface area contributed by atoms with Gasteiger partial charge in [-0.15, -0.1) is 11.3 Å². The maximum Gasteiger partial charge on any atom is 0.446 e. The molecule has 0 fully saturated rings. The first kappa shape index (κ1) is 19.6. The molecule has 0 unspecified atom stereocenters. The zero-order chi connectivity index (χ0) is 22.6. The minimum atomic E-state index is -4.94. The van der Waals surface area contributed by atoms with Crippen LogP contribution in [0, 0.1) is 0 Å². The summed E-state index contributed by atoms with van der Waals surface area (Å²) in [6.45, 7) is 0.709. The summed E-state index contributed by atoms with van der Waals surface area (Å²) in [4.78, 5) is 1.02. The van der Waals surface area contributed by atoms with Crippen LogP contribution >= 0.6 is 11.3 Å². The van der Waals surface area contributed by atoms with E-state index in [0.29, 0.717) is 24.1 Å². The van der Waals surface area contributed by atoms with E-state index >= 15 is 0 Å². The fourth-order valence-corrected chi connectivity index (χ4v) is 3.99. The molecule has 0 bridgehead atoms. The minimum Gasteiger partial charge on any atom is -0.493 e. The number of hydrogen-bond acceptors (Lipinski definition) is 7. The summed E-state index contributed by atoms with van der Waals surface area (Å²) in [6.07, 6.45) is 0.421. The van der Waals surface area contributed by atoms with Crippen molar-refractivity contribution in [2.24, 2.45) is 0 Å². The van der Waals surface area contributed by atoms with E-state index in [9.17, 15) is 13.0 Å². The molecular weight excluding hydrogens is 425 g/mol. The van der Waals surface area contributed by atoms with E-state index in [-0.39, 0.29) is 46.8 Å². The largest absolute Gasteiger partial charge is 0.493 e. The average Bonchev–Trinajstić information content (AvgIpc) is 3.19. The number of benzene rings is 2. The third-order valence-electron chi connectivity index (χ3n) is 4.02. The maximum absolute atomic E-state index is 11.4. The van der Waals surface area contributed by atoms with Gasteiger partial charge in [-0.2, -0.15) is 8.42 Å². The molecule has 29 heavy (non-hydrogen) atoms. The zero-order valence-electron chi connectivity index (χ0n) is 18.9. The van der Waals surface area contributed by atoms with Crippen LogP contribution in [0.25, 0.3) is 10.8 Å². The molecule has 0 amide bonds. The van der Waals surface area contributed by atoms with Gasteiger partial charge in [0.15, 0.2) is 11.5 Å². The van der Waals surface area contributed by atoms with E-state index in [1.54, 1.807) is 29.5 Å². The van der Waals surface area contributed by atoms with E-state index in [4.69, 9.17) is 13.6 Å². The Morgan fingerprint density at radius 3 is 2.66 bits per heavy atom. The number of methoxy groups -OCH3 is 1. The molecule has 0 spiro atoms. The first-order valence-corrected chi connectivity index (χ1v) is 10.6. The monoisotopic (exact) mass is 449 g/mol. The van der Waals surface area contributed by atoms with Crippen LogP contribution in [0.2, 0.25) is 0 Å². The van der Waals surface area contributed by atoms with E-state index in [0.717, 1.165) is 4.88 Å². The molecule has 0 aliphatic heterocycles. The molecule has 1 radical (unpaired) electrons. The number of hydrogen-bond donors (Lipinski definition) is 2. The number of rotatable bonds is 9. The van der Waals surface area contributed by atoms with Gasteiger partial charge in [0.25, 0.3) is 0 Å². The maximum atomic E-state index is 11.4. The smallest absolute Gasteiger partial charge is 0.446 e. The molecule has 7 nitrogen and oxygen atoms in total. The predicted octanol–water partition coefficient (Wildman–Crippen LogP) is 3.44. The van der Waals surface area contributed by atoms with Crippen LogP contribution in [-0.2, 0) is 10.4 Å². The van der Waals surface area contributed by atoms with Gasteiger partial charge >= 0.3 is 10.4 Å². The molecule has 0 aliphatic rings. The Kier molecular flexibility index (Phi) is 7.19. The van der Waals surface area contributed by atoms with Gasteiger partial charge < -0.3 is 19.0 Å². The molecule has 1 atom stereocenters. The summed E-state index contributed by atoms with van der Waals surface area (Å²) in [5.74, 6) is -0.357. The Morgan fingerprint density at radius 2 is 2.00 bits per heavy atom. The van der Waals surface area contributed by atoms with Gasteiger partial charge in [-0.05, 0) is 43.2 Å². The molecule has 10 heteroatoms. The Morgan fingerprint density at radius 1 is 1.17 bits per heavy atom. The molecule has 3 aromatic rings. The fraction of sp³-hybridized carbons (Fsp3) is 0.263. The summed E-state index contributed by atoms with van der Waals surface area (Å²) < 4.78 is 69.7. The van der Waals surface area contributed by atoms with Gasteiger partial charge in [0, 0.05) is 51.6 Å². The second kappa shape index (κ2) is 10.6. The molecule has 0 saturated heterocycles. The Hall–Kier alpha value is -1.33. The van der Waals surface area contributed by atoms with Crippen molar-refractivity contribution < 1.29 is 30.7 Å². The second-order valence-electron chi connectivity index (χ2n) is 5.87. The van der Waals surface area contributed by atoms with Crippen molar-refractivity contribution >= 4 is 62.1 Å². The quantitative estimate of drug-likeness (QED) is 0.382. The number of fused-ring (bicyclic) bond motifs is 1. The molecule has 2 N–H and O–H groups in total. The van der Waals surface area contributed by atoms with Crippen LogP contribution in [0.4, 0.5) is 0 Å². The molecule has 3 rings (SSSR count). The van der Waals surface area contributed by atoms with Crippen LogP contribution in [-0.4, -0.2) is 63.2 Å². The van der Waals surface area contributed by atoms with E-state index < -0.39 is 23.2 Å². The van der Waals surface area contributed by atoms with Gasteiger partial charge in [0.1, 0.15) is 11.9 Å². The van der Waals surface area contributed by atoms with Crippen molar-refractivity contribution in [3.8, 4) is 17.2 Å². The molecule has 151 valence electrons. The molecule has 2 aromatic carbocycles. The predicted molar refractivity (Wildman–Crippen MR) is 115 cm³/mol. The van der Waals surface area contributed by atoms with Gasteiger partial charge in [-0.3, -0.25) is 4.55 Å². The Balaban J connectivity index is 0.00000363. The minimum absolute atomic E-state index is 0. The van der Waals surface area contributed by atoms with Crippen molar-refractivity contribution in [2.75, 3.05) is 20.6 Å². The van der Waals surface area contributed by atoms with Crippen molar-refractivity contribution in [3.63, 3.8) is 0 Å². The van der Waals surface area contributed by atoms with E-state index in [2.05, 4.69) is 9.50 Å². The first-order valence-electron chi connectivity index (χ1n) is 9.84. The molecule has 1 heterocycles. The summed E-state index contributed by atoms with van der Waals surface area (Å²) in [6, 6.07) is 11.5. The molecule has 0 saturated carbocycles. The molecular formula is C19H21NNaO6S2. The number of nitrogens with one attached hydrogen (secondary N) is 1. The van der Waals surface area contributed by atoms with E-state index in [1.807, 2.05) is 24.6 Å². The van der Waals surface area contributed by atoms with Gasteiger partial charge in [-0.1, -0.05) is 18.2 Å². The third-order valence-corrected chi connectivity index (χ3v) is 5.36. The van der Waals surface area contributed by atoms with Gasteiger partial charge in [-0.25, -0.2) is 0 Å². The van der Waals surface area contributed by atoms with E-state index in [1.165, 1.54) is 12.1 Å². The Labute approximate surface area is 200 Å². The first-order chi connectivity index (χ1) is 14.6. The standard InChI is InChI=1S/C19H21NO6S2.Na/c1-20-11-10-16(18-7-4-12-27-18)25-15-6-3-5-14-13(15)8-9-17(24-2)19(14)26-28(21,22)23;/h3-9,12,16,20H,10-11H2,1-2H3,(H,21,22,23);/t16-;/m0./s1/i2D3;. The fourth-order valence-electron chi connectivity index (χ4n) is 2.82. The van der Waals surface area contributed by atoms with Crippen LogP contribution in [0.1, 0.15) is 21.5 Å². The van der Waals surface area contributed by atoms with Crippen LogP contribution in [0.15, 0.2) is 47.8 Å². The summed E-state index contributed by atoms with van der Waals surface area (Å²) in [5.41, 5.74) is 0. The molecule has 0 aliphatic carbocycles. The Bertz CT molecular complexity index is 1140. The average molecular weight is 450 g/mol. The van der Waals surface area contributed by atoms with Crippen molar-refractivity contribution in [2.45, 2.75) is 12.5 Å². The summed E-state index contributed by atoms with van der Waals surface area (Å²) in [5, 5.41) is 5.70. The number of ether oxygens (including phenoxy) is 2. The summed E-state index contributed by atoms with van der Waals surface area (Å²) in [7, 11) is -5.95. The third kappa shape index (κ3) is 6.08. The SMILES string of the molecule is [2H]C([2H])([2H])Oc1ccc2c(O[C@@H](CCNC)c3cccs3)cccc2c1OS(=O)(=O)O.[Na]. The van der Waals surface area contributed by atoms with Gasteiger partial charge in [0.05, 0.1) is 11.2 Å². The van der Waals surface area contributed by atoms with Crippen LogP contribution in [0.5, 0.6) is 17.2 Å². The van der Waals surface area contributed by atoms with Crippen molar-refractivity contribution in [3.05, 3.63) is 52.7 Å².